The Balaban J connectivity index is 2.28. The van der Waals surface area contributed by atoms with E-state index in [9.17, 15) is 4.79 Å². The molecule has 0 amide bonds. The van der Waals surface area contributed by atoms with Crippen molar-refractivity contribution >= 4 is 5.78 Å². The summed E-state index contributed by atoms with van der Waals surface area (Å²) in [6.45, 7) is 0.948. The number of hydrogen-bond acceptors (Lipinski definition) is 2. The van der Waals surface area contributed by atoms with Gasteiger partial charge in [-0.1, -0.05) is 0 Å². The molecule has 2 atom stereocenters. The average molecular weight is 111 g/mol. The number of fused-ring (bicyclic) bond motifs is 2. The fourth-order valence-corrected chi connectivity index (χ4v) is 1.63. The summed E-state index contributed by atoms with van der Waals surface area (Å²) in [5, 5.41) is 3.16. The monoisotopic (exact) mass is 111 g/mol. The van der Waals surface area contributed by atoms with Crippen molar-refractivity contribution in [2.75, 3.05) is 6.54 Å². The van der Waals surface area contributed by atoms with Crippen molar-refractivity contribution in [2.45, 2.75) is 18.9 Å². The molecule has 2 unspecified atom stereocenters. The van der Waals surface area contributed by atoms with E-state index < -0.39 is 0 Å². The summed E-state index contributed by atoms with van der Waals surface area (Å²) in [7, 11) is 0. The van der Waals surface area contributed by atoms with Crippen molar-refractivity contribution in [1.82, 2.24) is 5.32 Å². The van der Waals surface area contributed by atoms with E-state index >= 15 is 0 Å². The van der Waals surface area contributed by atoms with E-state index in [2.05, 4.69) is 5.32 Å². The Morgan fingerprint density at radius 3 is 2.50 bits per heavy atom. The van der Waals surface area contributed by atoms with Crippen LogP contribution in [0.2, 0.25) is 0 Å². The molecule has 2 nitrogen and oxygen atoms in total. The lowest BCUT2D eigenvalue weighted by Crippen LogP contribution is -2.25. The second-order valence-corrected chi connectivity index (χ2v) is 2.64. The zero-order valence-electron chi connectivity index (χ0n) is 4.68. The summed E-state index contributed by atoms with van der Waals surface area (Å²) in [6, 6.07) is 0.250. The van der Waals surface area contributed by atoms with Crippen LogP contribution in [0.15, 0.2) is 0 Å². The summed E-state index contributed by atoms with van der Waals surface area (Å²) in [6.07, 6.45) is 2.22. The van der Waals surface area contributed by atoms with Crippen LogP contribution in [0.3, 0.4) is 0 Å². The molecule has 0 aromatic rings. The van der Waals surface area contributed by atoms with Crippen molar-refractivity contribution in [3.8, 4) is 0 Å². The van der Waals surface area contributed by atoms with Gasteiger partial charge in [0.15, 0.2) is 5.78 Å². The van der Waals surface area contributed by atoms with Crippen LogP contribution in [-0.2, 0) is 4.79 Å². The molecule has 1 heterocycles. The number of piperidine rings is 1. The molecule has 8 heavy (non-hydrogen) atoms. The van der Waals surface area contributed by atoms with Gasteiger partial charge in [0.05, 0.1) is 6.04 Å². The lowest BCUT2D eigenvalue weighted by molar-refractivity contribution is -0.119. The van der Waals surface area contributed by atoms with E-state index in [4.69, 9.17) is 0 Å². The molecule has 2 rings (SSSR count). The number of hydrogen-bond donors (Lipinski definition) is 1. The molecular weight excluding hydrogens is 102 g/mol. The lowest BCUT2D eigenvalue weighted by atomic mass is 10.1. The second-order valence-electron chi connectivity index (χ2n) is 2.64. The Morgan fingerprint density at radius 1 is 1.50 bits per heavy atom. The standard InChI is InChI=1S/C6H9NO/c8-6-4-1-2-5(6)7-3-4/h4-5,7H,1-3H2. The smallest absolute Gasteiger partial charge is 0.154 e. The number of Topliss-reactive ketones (excluding diaryl/α,β-unsaturated/α-hetero) is 1. The molecular formula is C6H9NO. The third kappa shape index (κ3) is 0.388. The number of nitrogens with one attached hydrogen (secondary N) is 1. The second kappa shape index (κ2) is 1.32. The van der Waals surface area contributed by atoms with Crippen molar-refractivity contribution < 1.29 is 4.79 Å². The van der Waals surface area contributed by atoms with Gasteiger partial charge in [0.2, 0.25) is 0 Å². The minimum absolute atomic E-state index is 0.250. The molecule has 2 aliphatic rings. The van der Waals surface area contributed by atoms with Crippen LogP contribution in [0.25, 0.3) is 0 Å². The zero-order chi connectivity index (χ0) is 5.56. The highest BCUT2D eigenvalue weighted by Crippen LogP contribution is 2.26. The van der Waals surface area contributed by atoms with Crippen LogP contribution in [0, 0.1) is 5.92 Å². The maximum Gasteiger partial charge on any atom is 0.154 e. The number of rotatable bonds is 0. The summed E-state index contributed by atoms with van der Waals surface area (Å²) in [5.41, 5.74) is 0. The van der Waals surface area contributed by atoms with Gasteiger partial charge in [-0.15, -0.1) is 0 Å². The van der Waals surface area contributed by atoms with Crippen molar-refractivity contribution in [2.24, 2.45) is 5.92 Å². The van der Waals surface area contributed by atoms with Crippen LogP contribution in [-0.4, -0.2) is 18.4 Å². The maximum atomic E-state index is 10.9. The van der Waals surface area contributed by atoms with Crippen LogP contribution >= 0.6 is 0 Å². The molecule has 2 bridgehead atoms. The normalized spacial score (nSPS) is 43.8. The van der Waals surface area contributed by atoms with E-state index in [1.807, 2.05) is 0 Å². The Bertz CT molecular complexity index is 110. The first-order chi connectivity index (χ1) is 3.88. The van der Waals surface area contributed by atoms with Crippen LogP contribution in [0.4, 0.5) is 0 Å². The SMILES string of the molecule is O=C1C2CCC1NC2. The zero-order valence-corrected chi connectivity index (χ0v) is 4.68. The number of carbonyl (C=O) groups excluding carboxylic acids is 1. The van der Waals surface area contributed by atoms with E-state index in [1.54, 1.807) is 0 Å². The van der Waals surface area contributed by atoms with E-state index in [1.165, 1.54) is 0 Å². The number of ketones is 1. The van der Waals surface area contributed by atoms with Gasteiger partial charge in [-0.25, -0.2) is 0 Å². The Kier molecular flexibility index (Phi) is 0.742. The fourth-order valence-electron chi connectivity index (χ4n) is 1.63. The van der Waals surface area contributed by atoms with Gasteiger partial charge in [-0.05, 0) is 12.8 Å². The summed E-state index contributed by atoms with van der Waals surface area (Å²) in [4.78, 5) is 10.9. The van der Waals surface area contributed by atoms with Crippen molar-refractivity contribution in [3.63, 3.8) is 0 Å². The first-order valence-electron chi connectivity index (χ1n) is 3.15. The Hall–Kier alpha value is -0.370. The molecule has 0 aromatic heterocycles. The Morgan fingerprint density at radius 2 is 2.38 bits per heavy atom. The topological polar surface area (TPSA) is 29.1 Å². The van der Waals surface area contributed by atoms with E-state index in [0.29, 0.717) is 11.7 Å². The third-order valence-corrected chi connectivity index (χ3v) is 2.16. The van der Waals surface area contributed by atoms with Crippen molar-refractivity contribution in [1.29, 1.82) is 0 Å². The molecule has 1 saturated carbocycles. The molecule has 2 fully saturated rings. The van der Waals surface area contributed by atoms with Crippen LogP contribution in [0.5, 0.6) is 0 Å². The van der Waals surface area contributed by atoms with Gasteiger partial charge >= 0.3 is 0 Å². The molecule has 0 aromatic carbocycles. The molecule has 1 N–H and O–H groups in total. The minimum Gasteiger partial charge on any atom is -0.307 e. The molecule has 0 radical (unpaired) electrons. The molecule has 0 spiro atoms. The summed E-state index contributed by atoms with van der Waals surface area (Å²) in [5.74, 6) is 0.852. The van der Waals surface area contributed by atoms with Crippen molar-refractivity contribution in [3.05, 3.63) is 0 Å². The van der Waals surface area contributed by atoms with Crippen LogP contribution in [0.1, 0.15) is 12.8 Å². The first-order valence-corrected chi connectivity index (χ1v) is 3.15. The van der Waals surface area contributed by atoms with Gasteiger partial charge in [0, 0.05) is 12.5 Å². The van der Waals surface area contributed by atoms with Gasteiger partial charge in [0.25, 0.3) is 0 Å². The summed E-state index contributed by atoms with van der Waals surface area (Å²) >= 11 is 0. The highest BCUT2D eigenvalue weighted by molar-refractivity contribution is 5.90. The minimum atomic E-state index is 0.250. The van der Waals surface area contributed by atoms with Gasteiger partial charge in [-0.2, -0.15) is 0 Å². The van der Waals surface area contributed by atoms with E-state index in [-0.39, 0.29) is 6.04 Å². The molecule has 1 aliphatic heterocycles. The van der Waals surface area contributed by atoms with Gasteiger partial charge in [0.1, 0.15) is 0 Å². The fraction of sp³-hybridized carbons (Fsp3) is 0.833. The summed E-state index contributed by atoms with van der Waals surface area (Å²) < 4.78 is 0. The molecule has 2 heteroatoms. The lowest BCUT2D eigenvalue weighted by Gasteiger charge is -2.05. The predicted octanol–water partition coefficient (Wildman–Crippen LogP) is -0.0627. The van der Waals surface area contributed by atoms with E-state index in [0.717, 1.165) is 19.4 Å². The molecule has 1 saturated heterocycles. The Labute approximate surface area is 48.3 Å². The highest BCUT2D eigenvalue weighted by atomic mass is 16.1. The quantitative estimate of drug-likeness (QED) is 0.474. The molecule has 1 aliphatic carbocycles. The predicted molar refractivity (Wildman–Crippen MR) is 29.5 cm³/mol. The first kappa shape index (κ1) is 4.50. The highest BCUT2D eigenvalue weighted by Gasteiger charge is 2.39. The van der Waals surface area contributed by atoms with Crippen LogP contribution < -0.4 is 5.32 Å². The largest absolute Gasteiger partial charge is 0.307 e. The third-order valence-electron chi connectivity index (χ3n) is 2.16. The van der Waals surface area contributed by atoms with Gasteiger partial charge in [-0.3, -0.25) is 4.79 Å². The maximum absolute atomic E-state index is 10.9. The number of carbonyl (C=O) groups is 1. The molecule has 44 valence electrons. The average Bonchev–Trinajstić information content (AvgIpc) is 2.29. The van der Waals surface area contributed by atoms with Gasteiger partial charge < -0.3 is 5.32 Å².